The van der Waals surface area contributed by atoms with Gasteiger partial charge in [0.05, 0.1) is 0 Å². The predicted molar refractivity (Wildman–Crippen MR) is 49.0 cm³/mol. The highest BCUT2D eigenvalue weighted by Crippen LogP contribution is 1.85. The topological polar surface area (TPSA) is 56.0 Å². The molecule has 12 heavy (non-hydrogen) atoms. The fraction of sp³-hybridized carbons (Fsp3) is 0.333. The highest BCUT2D eigenvalue weighted by atomic mass is 16.1. The molecule has 2 N–H and O–H groups in total. The molecule has 0 spiro atoms. The number of aromatic nitrogens is 1. The molecule has 0 aliphatic rings. The van der Waals surface area contributed by atoms with E-state index >= 15 is 0 Å². The maximum Gasteiger partial charge on any atom is 0.168 e. The summed E-state index contributed by atoms with van der Waals surface area (Å²) in [6, 6.07) is 5.21. The number of nitrogens with zero attached hydrogens (tertiary/aromatic N) is 1. The van der Waals surface area contributed by atoms with Gasteiger partial charge < -0.3 is 5.73 Å². The third-order valence-electron chi connectivity index (χ3n) is 1.10. The molecule has 3 heteroatoms. The lowest BCUT2D eigenvalue weighted by Gasteiger charge is -1.81. The second-order valence-electron chi connectivity index (χ2n) is 2.16. The Morgan fingerprint density at radius 1 is 1.58 bits per heavy atom. The van der Waals surface area contributed by atoms with Gasteiger partial charge in [0.2, 0.25) is 0 Å². The second-order valence-corrected chi connectivity index (χ2v) is 2.16. The number of rotatable bonds is 2. The highest BCUT2D eigenvalue weighted by Gasteiger charge is 1.81. The minimum Gasteiger partial charge on any atom is -0.330 e. The number of nitrogens with two attached hydrogens (primary N) is 1. The number of pyridine rings is 1. The molecule has 0 saturated carbocycles. The van der Waals surface area contributed by atoms with E-state index in [1.807, 2.05) is 0 Å². The van der Waals surface area contributed by atoms with Gasteiger partial charge in [-0.15, -0.1) is 0 Å². The third-order valence-corrected chi connectivity index (χ3v) is 1.10. The molecule has 0 saturated heterocycles. The first-order chi connectivity index (χ1) is 5.85. The summed E-state index contributed by atoms with van der Waals surface area (Å²) < 4.78 is 0. The van der Waals surface area contributed by atoms with Gasteiger partial charge in [-0.1, -0.05) is 13.0 Å². The van der Waals surface area contributed by atoms with Crippen molar-refractivity contribution in [3.8, 4) is 0 Å². The summed E-state index contributed by atoms with van der Waals surface area (Å²) in [5.41, 5.74) is 5.51. The zero-order valence-electron chi connectivity index (χ0n) is 7.23. The van der Waals surface area contributed by atoms with E-state index in [-0.39, 0.29) is 0 Å². The van der Waals surface area contributed by atoms with Crippen LogP contribution in [0.2, 0.25) is 0 Å². The van der Waals surface area contributed by atoms with Crippen molar-refractivity contribution in [1.29, 1.82) is 0 Å². The molecule has 66 valence electrons. The number of carbonyl (C=O) groups is 1. The van der Waals surface area contributed by atoms with Crippen LogP contribution in [0.25, 0.3) is 0 Å². The third kappa shape index (κ3) is 5.56. The Hall–Kier alpha value is -1.22. The van der Waals surface area contributed by atoms with Crippen LogP contribution < -0.4 is 5.73 Å². The maximum absolute atomic E-state index is 9.94. The van der Waals surface area contributed by atoms with Gasteiger partial charge in [0.1, 0.15) is 5.69 Å². The summed E-state index contributed by atoms with van der Waals surface area (Å²) in [5.74, 6) is 0. The van der Waals surface area contributed by atoms with Crippen LogP contribution in [0.3, 0.4) is 0 Å². The molecule has 0 radical (unpaired) electrons. The van der Waals surface area contributed by atoms with E-state index in [0.717, 1.165) is 19.3 Å². The highest BCUT2D eigenvalue weighted by molar-refractivity contribution is 5.71. The normalized spacial score (nSPS) is 8.17. The fourth-order valence-electron chi connectivity index (χ4n) is 0.446. The molecule has 0 amide bonds. The van der Waals surface area contributed by atoms with Crippen molar-refractivity contribution >= 4 is 6.29 Å². The molecule has 0 fully saturated rings. The Labute approximate surface area is 72.6 Å². The van der Waals surface area contributed by atoms with Crippen LogP contribution in [0.4, 0.5) is 0 Å². The van der Waals surface area contributed by atoms with Crippen LogP contribution in [0.15, 0.2) is 24.4 Å². The summed E-state index contributed by atoms with van der Waals surface area (Å²) in [5, 5.41) is 0. The maximum atomic E-state index is 9.94. The minimum absolute atomic E-state index is 0.479. The van der Waals surface area contributed by atoms with E-state index in [1.165, 1.54) is 0 Å². The van der Waals surface area contributed by atoms with Crippen molar-refractivity contribution in [3.63, 3.8) is 0 Å². The van der Waals surface area contributed by atoms with Crippen LogP contribution in [-0.2, 0) is 0 Å². The lowest BCUT2D eigenvalue weighted by atomic mass is 10.4. The quantitative estimate of drug-likeness (QED) is 0.673. The summed E-state index contributed by atoms with van der Waals surface area (Å²) in [4.78, 5) is 13.7. The molecule has 0 aliphatic carbocycles. The second kappa shape index (κ2) is 7.88. The van der Waals surface area contributed by atoms with E-state index in [2.05, 4.69) is 11.9 Å². The molecular formula is C9H14N2O. The Bertz CT molecular complexity index is 197. The van der Waals surface area contributed by atoms with Crippen LogP contribution in [0.1, 0.15) is 23.8 Å². The number of hydrogen-bond acceptors (Lipinski definition) is 3. The van der Waals surface area contributed by atoms with Crippen molar-refractivity contribution in [2.45, 2.75) is 13.3 Å². The van der Waals surface area contributed by atoms with Crippen LogP contribution >= 0.6 is 0 Å². The Morgan fingerprint density at radius 2 is 2.25 bits per heavy atom. The van der Waals surface area contributed by atoms with Crippen molar-refractivity contribution in [3.05, 3.63) is 30.1 Å². The van der Waals surface area contributed by atoms with Crippen LogP contribution in [-0.4, -0.2) is 17.8 Å². The smallest absolute Gasteiger partial charge is 0.168 e. The van der Waals surface area contributed by atoms with Gasteiger partial charge in [0, 0.05) is 6.20 Å². The van der Waals surface area contributed by atoms with Gasteiger partial charge >= 0.3 is 0 Å². The fourth-order valence-corrected chi connectivity index (χ4v) is 0.446. The summed E-state index contributed by atoms with van der Waals surface area (Å²) in [7, 11) is 0. The van der Waals surface area contributed by atoms with E-state index < -0.39 is 0 Å². The first-order valence-corrected chi connectivity index (χ1v) is 3.91. The zero-order valence-corrected chi connectivity index (χ0v) is 7.23. The Morgan fingerprint density at radius 3 is 2.50 bits per heavy atom. The van der Waals surface area contributed by atoms with Crippen LogP contribution in [0.5, 0.6) is 0 Å². The zero-order chi connectivity index (χ0) is 9.23. The molecular weight excluding hydrogens is 152 g/mol. The molecule has 1 rings (SSSR count). The number of hydrogen-bond donors (Lipinski definition) is 1. The molecule has 1 aromatic rings. The molecule has 1 aromatic heterocycles. The SMILES string of the molecule is CCCN.O=Cc1ccccn1. The van der Waals surface area contributed by atoms with Crippen molar-refractivity contribution < 1.29 is 4.79 Å². The molecule has 1 heterocycles. The first-order valence-electron chi connectivity index (χ1n) is 3.91. The predicted octanol–water partition coefficient (Wildman–Crippen LogP) is 1.25. The van der Waals surface area contributed by atoms with Gasteiger partial charge in [-0.05, 0) is 25.1 Å². The summed E-state index contributed by atoms with van der Waals surface area (Å²) >= 11 is 0. The molecule has 0 bridgehead atoms. The lowest BCUT2D eigenvalue weighted by Crippen LogP contribution is -1.93. The molecule has 0 aromatic carbocycles. The molecule has 3 nitrogen and oxygen atoms in total. The summed E-state index contributed by atoms with van der Waals surface area (Å²) in [6.07, 6.45) is 3.41. The van der Waals surface area contributed by atoms with Crippen molar-refractivity contribution in [2.24, 2.45) is 5.73 Å². The van der Waals surface area contributed by atoms with Gasteiger partial charge in [0.25, 0.3) is 0 Å². The number of aldehydes is 1. The van der Waals surface area contributed by atoms with E-state index in [4.69, 9.17) is 5.73 Å². The average Bonchev–Trinajstić information content (AvgIpc) is 2.19. The largest absolute Gasteiger partial charge is 0.330 e. The molecule has 0 atom stereocenters. The molecule has 0 unspecified atom stereocenters. The van der Waals surface area contributed by atoms with Crippen molar-refractivity contribution in [2.75, 3.05) is 6.54 Å². The standard InChI is InChI=1S/C6H5NO.C3H9N/c8-5-6-3-1-2-4-7-6;1-2-3-4/h1-5H;2-4H2,1H3. The van der Waals surface area contributed by atoms with E-state index in [1.54, 1.807) is 24.4 Å². The van der Waals surface area contributed by atoms with Crippen molar-refractivity contribution in [1.82, 2.24) is 4.98 Å². The first kappa shape index (κ1) is 10.8. The van der Waals surface area contributed by atoms with E-state index in [0.29, 0.717) is 5.69 Å². The van der Waals surface area contributed by atoms with Gasteiger partial charge in [-0.25, -0.2) is 0 Å². The van der Waals surface area contributed by atoms with E-state index in [9.17, 15) is 4.79 Å². The Kier molecular flexibility index (Phi) is 7.08. The molecule has 0 aliphatic heterocycles. The van der Waals surface area contributed by atoms with Gasteiger partial charge in [-0.2, -0.15) is 0 Å². The monoisotopic (exact) mass is 166 g/mol. The van der Waals surface area contributed by atoms with Crippen LogP contribution in [0, 0.1) is 0 Å². The Balaban J connectivity index is 0.000000261. The number of carbonyl (C=O) groups excluding carboxylic acids is 1. The lowest BCUT2D eigenvalue weighted by molar-refractivity contribution is 0.111. The summed E-state index contributed by atoms with van der Waals surface area (Å²) in [6.45, 7) is 2.88. The van der Waals surface area contributed by atoms with Gasteiger partial charge in [-0.3, -0.25) is 9.78 Å². The van der Waals surface area contributed by atoms with Gasteiger partial charge in [0.15, 0.2) is 6.29 Å². The minimum atomic E-state index is 0.479. The average molecular weight is 166 g/mol.